The van der Waals surface area contributed by atoms with Crippen LogP contribution in [0.3, 0.4) is 0 Å². The Morgan fingerprint density at radius 3 is 2.66 bits per heavy atom. The molecule has 1 aromatic carbocycles. The molecule has 0 radical (unpaired) electrons. The van der Waals surface area contributed by atoms with E-state index in [0.717, 1.165) is 11.8 Å². The SMILES string of the molecule is CCCOc1ccc(-c2nccc3cc(S(=O)(=O)Nc4ccncn4)ccc23)c(OC)n1. The third-order valence-corrected chi connectivity index (χ3v) is 5.96. The number of ether oxygens (including phenoxy) is 2. The minimum absolute atomic E-state index is 0.106. The lowest BCUT2D eigenvalue weighted by Crippen LogP contribution is -2.13. The van der Waals surface area contributed by atoms with Crippen molar-refractivity contribution >= 4 is 26.6 Å². The lowest BCUT2D eigenvalue weighted by molar-refractivity contribution is 0.298. The molecule has 0 unspecified atom stereocenters. The van der Waals surface area contributed by atoms with E-state index < -0.39 is 10.0 Å². The number of anilines is 1. The van der Waals surface area contributed by atoms with Crippen LogP contribution in [0.25, 0.3) is 22.0 Å². The molecule has 0 aliphatic carbocycles. The molecule has 4 aromatic rings. The Bertz CT molecular complexity index is 1350. The number of sulfonamides is 1. The molecule has 0 aliphatic heterocycles. The highest BCUT2D eigenvalue weighted by Gasteiger charge is 2.18. The van der Waals surface area contributed by atoms with Gasteiger partial charge in [-0.15, -0.1) is 0 Å². The number of rotatable bonds is 8. The summed E-state index contributed by atoms with van der Waals surface area (Å²) in [5, 5.41) is 1.46. The Morgan fingerprint density at radius 1 is 1.03 bits per heavy atom. The van der Waals surface area contributed by atoms with E-state index in [1.54, 1.807) is 30.5 Å². The van der Waals surface area contributed by atoms with Crippen LogP contribution in [0.5, 0.6) is 11.8 Å². The molecule has 0 amide bonds. The number of methoxy groups -OCH3 is 1. The average Bonchev–Trinajstić information content (AvgIpc) is 2.82. The number of hydrogen-bond donors (Lipinski definition) is 1. The molecule has 4 rings (SSSR count). The summed E-state index contributed by atoms with van der Waals surface area (Å²) in [6.07, 6.45) is 5.22. The van der Waals surface area contributed by atoms with Gasteiger partial charge >= 0.3 is 0 Å². The van der Waals surface area contributed by atoms with Gasteiger partial charge in [0, 0.05) is 23.8 Å². The largest absolute Gasteiger partial charge is 0.480 e. The number of pyridine rings is 2. The number of nitrogens with one attached hydrogen (secondary N) is 1. The molecule has 32 heavy (non-hydrogen) atoms. The normalized spacial score (nSPS) is 11.3. The Balaban J connectivity index is 1.73. The zero-order valence-corrected chi connectivity index (χ0v) is 18.3. The molecule has 3 aromatic heterocycles. The van der Waals surface area contributed by atoms with Gasteiger partial charge < -0.3 is 9.47 Å². The second kappa shape index (κ2) is 9.15. The van der Waals surface area contributed by atoms with Crippen LogP contribution in [0.4, 0.5) is 5.82 Å². The van der Waals surface area contributed by atoms with Crippen molar-refractivity contribution in [3.8, 4) is 23.0 Å². The van der Waals surface area contributed by atoms with E-state index in [-0.39, 0.29) is 10.7 Å². The predicted molar refractivity (Wildman–Crippen MR) is 120 cm³/mol. The van der Waals surface area contributed by atoms with Gasteiger partial charge in [-0.2, -0.15) is 4.98 Å². The molecule has 0 atom stereocenters. The second-order valence-electron chi connectivity index (χ2n) is 6.80. The summed E-state index contributed by atoms with van der Waals surface area (Å²) in [6.45, 7) is 2.57. The summed E-state index contributed by atoms with van der Waals surface area (Å²) in [4.78, 5) is 16.7. The first-order valence-electron chi connectivity index (χ1n) is 9.87. The van der Waals surface area contributed by atoms with Crippen molar-refractivity contribution in [1.29, 1.82) is 0 Å². The van der Waals surface area contributed by atoms with Gasteiger partial charge in [0.25, 0.3) is 10.0 Å². The molecule has 0 spiro atoms. The first-order valence-corrected chi connectivity index (χ1v) is 11.4. The molecule has 164 valence electrons. The Morgan fingerprint density at radius 2 is 1.91 bits per heavy atom. The van der Waals surface area contributed by atoms with Gasteiger partial charge in [0.15, 0.2) is 0 Å². The van der Waals surface area contributed by atoms with Crippen LogP contribution in [0.2, 0.25) is 0 Å². The van der Waals surface area contributed by atoms with Crippen molar-refractivity contribution in [2.24, 2.45) is 0 Å². The highest BCUT2D eigenvalue weighted by atomic mass is 32.2. The zero-order valence-electron chi connectivity index (χ0n) is 17.5. The maximum Gasteiger partial charge on any atom is 0.263 e. The van der Waals surface area contributed by atoms with Gasteiger partial charge in [-0.25, -0.2) is 18.4 Å². The Kier molecular flexibility index (Phi) is 6.13. The Labute approximate surface area is 185 Å². The zero-order chi connectivity index (χ0) is 22.6. The summed E-state index contributed by atoms with van der Waals surface area (Å²) in [7, 11) is -2.29. The van der Waals surface area contributed by atoms with E-state index in [1.165, 1.54) is 31.8 Å². The molecule has 0 saturated heterocycles. The third kappa shape index (κ3) is 4.45. The van der Waals surface area contributed by atoms with Crippen LogP contribution < -0.4 is 14.2 Å². The van der Waals surface area contributed by atoms with E-state index in [4.69, 9.17) is 9.47 Å². The number of benzene rings is 1. The molecule has 0 fully saturated rings. The fraction of sp³-hybridized carbons (Fsp3) is 0.182. The quantitative estimate of drug-likeness (QED) is 0.431. The Hall–Kier alpha value is -3.79. The molecular weight excluding hydrogens is 430 g/mol. The molecule has 10 heteroatoms. The maximum absolute atomic E-state index is 12.8. The number of aromatic nitrogens is 4. The highest BCUT2D eigenvalue weighted by Crippen LogP contribution is 2.34. The fourth-order valence-electron chi connectivity index (χ4n) is 3.13. The van der Waals surface area contributed by atoms with Crippen molar-refractivity contribution < 1.29 is 17.9 Å². The van der Waals surface area contributed by atoms with Crippen molar-refractivity contribution in [1.82, 2.24) is 19.9 Å². The molecular formula is C22H21N5O4S. The van der Waals surface area contributed by atoms with Crippen LogP contribution in [0.1, 0.15) is 13.3 Å². The van der Waals surface area contributed by atoms with E-state index in [2.05, 4.69) is 24.7 Å². The molecule has 0 saturated carbocycles. The van der Waals surface area contributed by atoms with E-state index >= 15 is 0 Å². The van der Waals surface area contributed by atoms with Crippen LogP contribution in [0, 0.1) is 0 Å². The first-order chi connectivity index (χ1) is 15.5. The van der Waals surface area contributed by atoms with E-state index in [0.29, 0.717) is 35.0 Å². The summed E-state index contributed by atoms with van der Waals surface area (Å²) in [6, 6.07) is 11.7. The van der Waals surface area contributed by atoms with Gasteiger partial charge in [-0.1, -0.05) is 13.0 Å². The molecule has 3 heterocycles. The summed E-state index contributed by atoms with van der Waals surface area (Å²) in [5.74, 6) is 1.04. The topological polar surface area (TPSA) is 116 Å². The fourth-order valence-corrected chi connectivity index (χ4v) is 4.18. The molecule has 1 N–H and O–H groups in total. The summed E-state index contributed by atoms with van der Waals surface area (Å²) < 4.78 is 39.1. The first kappa shape index (κ1) is 21.4. The molecule has 9 nitrogen and oxygen atoms in total. The standard InChI is InChI=1S/C22H21N5O4S/c1-3-12-31-20-7-6-18(22(26-20)30-2)21-17-5-4-16(13-15(17)8-11-24-21)32(28,29)27-19-9-10-23-14-25-19/h4-11,13-14H,3,12H2,1-2H3,(H,23,25,27). The smallest absolute Gasteiger partial charge is 0.263 e. The lowest BCUT2D eigenvalue weighted by Gasteiger charge is -2.12. The summed E-state index contributed by atoms with van der Waals surface area (Å²) >= 11 is 0. The predicted octanol–water partition coefficient (Wildman–Crippen LogP) is 3.69. The van der Waals surface area contributed by atoms with Gasteiger partial charge in [0.1, 0.15) is 12.1 Å². The monoisotopic (exact) mass is 451 g/mol. The maximum atomic E-state index is 12.8. The van der Waals surface area contributed by atoms with Crippen LogP contribution >= 0.6 is 0 Å². The minimum Gasteiger partial charge on any atom is -0.480 e. The minimum atomic E-state index is -3.82. The summed E-state index contributed by atoms with van der Waals surface area (Å²) in [5.41, 5.74) is 1.30. The number of hydrogen-bond acceptors (Lipinski definition) is 8. The van der Waals surface area contributed by atoms with Crippen molar-refractivity contribution in [2.75, 3.05) is 18.4 Å². The lowest BCUT2D eigenvalue weighted by atomic mass is 10.1. The van der Waals surface area contributed by atoms with Gasteiger partial charge in [-0.3, -0.25) is 9.71 Å². The third-order valence-electron chi connectivity index (χ3n) is 4.60. The van der Waals surface area contributed by atoms with Crippen molar-refractivity contribution in [2.45, 2.75) is 18.2 Å². The van der Waals surface area contributed by atoms with Gasteiger partial charge in [-0.05, 0) is 42.1 Å². The number of nitrogens with zero attached hydrogens (tertiary/aromatic N) is 4. The van der Waals surface area contributed by atoms with E-state index in [9.17, 15) is 8.42 Å². The second-order valence-corrected chi connectivity index (χ2v) is 8.48. The van der Waals surface area contributed by atoms with Crippen LogP contribution in [-0.4, -0.2) is 42.1 Å². The van der Waals surface area contributed by atoms with Crippen LogP contribution in [0.15, 0.2) is 66.1 Å². The average molecular weight is 452 g/mol. The van der Waals surface area contributed by atoms with Crippen LogP contribution in [-0.2, 0) is 10.0 Å². The van der Waals surface area contributed by atoms with Gasteiger partial charge in [0.05, 0.1) is 29.9 Å². The molecule has 0 bridgehead atoms. The van der Waals surface area contributed by atoms with Crippen molar-refractivity contribution in [3.63, 3.8) is 0 Å². The van der Waals surface area contributed by atoms with E-state index in [1.807, 2.05) is 13.0 Å². The number of fused-ring (bicyclic) bond motifs is 1. The van der Waals surface area contributed by atoms with Crippen molar-refractivity contribution in [3.05, 3.63) is 61.2 Å². The highest BCUT2D eigenvalue weighted by molar-refractivity contribution is 7.92. The molecule has 0 aliphatic rings. The van der Waals surface area contributed by atoms with Gasteiger partial charge in [0.2, 0.25) is 11.8 Å².